The number of nitrogens with zero attached hydrogens (tertiary/aromatic N) is 1. The summed E-state index contributed by atoms with van der Waals surface area (Å²) in [4.78, 5) is 2.38. The van der Waals surface area contributed by atoms with Gasteiger partial charge in [0.2, 0.25) is 0 Å². The standard InChI is InChI=1S/C12H15BrClN/c1-8(2)9-6-15(7-9)11-5-3-4-10(14)12(11)13/h3-5,8-9H,6-7H2,1-2H3. The van der Waals surface area contributed by atoms with Crippen molar-refractivity contribution in [2.45, 2.75) is 13.8 Å². The fourth-order valence-corrected chi connectivity index (χ4v) is 2.55. The highest BCUT2D eigenvalue weighted by Gasteiger charge is 2.30. The molecule has 1 saturated heterocycles. The summed E-state index contributed by atoms with van der Waals surface area (Å²) in [5, 5.41) is 0.792. The van der Waals surface area contributed by atoms with Crippen molar-refractivity contribution in [1.82, 2.24) is 0 Å². The predicted molar refractivity (Wildman–Crippen MR) is 69.7 cm³/mol. The Labute approximate surface area is 105 Å². The number of benzene rings is 1. The second-order valence-electron chi connectivity index (χ2n) is 4.48. The number of rotatable bonds is 2. The lowest BCUT2D eigenvalue weighted by molar-refractivity contribution is 0.309. The molecule has 1 aromatic carbocycles. The molecule has 0 atom stereocenters. The smallest absolute Gasteiger partial charge is 0.0595 e. The number of anilines is 1. The summed E-state index contributed by atoms with van der Waals surface area (Å²) in [6.07, 6.45) is 0. The zero-order valence-electron chi connectivity index (χ0n) is 9.00. The normalized spacial score (nSPS) is 17.0. The molecule has 3 heteroatoms. The number of hydrogen-bond acceptors (Lipinski definition) is 1. The van der Waals surface area contributed by atoms with Crippen molar-refractivity contribution in [3.05, 3.63) is 27.7 Å². The highest BCUT2D eigenvalue weighted by molar-refractivity contribution is 9.10. The molecule has 2 rings (SSSR count). The van der Waals surface area contributed by atoms with Crippen molar-refractivity contribution >= 4 is 33.2 Å². The van der Waals surface area contributed by atoms with Crippen LogP contribution in [0.4, 0.5) is 5.69 Å². The van der Waals surface area contributed by atoms with E-state index in [1.165, 1.54) is 5.69 Å². The molecule has 1 aliphatic rings. The minimum atomic E-state index is 0.777. The highest BCUT2D eigenvalue weighted by Crippen LogP contribution is 2.37. The highest BCUT2D eigenvalue weighted by atomic mass is 79.9. The molecule has 15 heavy (non-hydrogen) atoms. The Hall–Kier alpha value is -0.210. The van der Waals surface area contributed by atoms with Crippen LogP contribution in [0.25, 0.3) is 0 Å². The first-order chi connectivity index (χ1) is 7.09. The van der Waals surface area contributed by atoms with E-state index >= 15 is 0 Å². The fraction of sp³-hybridized carbons (Fsp3) is 0.500. The van der Waals surface area contributed by atoms with Gasteiger partial charge in [-0.25, -0.2) is 0 Å². The summed E-state index contributed by atoms with van der Waals surface area (Å²) in [6.45, 7) is 6.87. The van der Waals surface area contributed by atoms with Crippen molar-refractivity contribution in [3.63, 3.8) is 0 Å². The maximum absolute atomic E-state index is 6.06. The summed E-state index contributed by atoms with van der Waals surface area (Å²) in [5.41, 5.74) is 1.22. The van der Waals surface area contributed by atoms with Crippen LogP contribution in [0.15, 0.2) is 22.7 Å². The van der Waals surface area contributed by atoms with E-state index in [-0.39, 0.29) is 0 Å². The summed E-state index contributed by atoms with van der Waals surface area (Å²) < 4.78 is 1.02. The van der Waals surface area contributed by atoms with Gasteiger partial charge < -0.3 is 4.90 Å². The molecule has 0 saturated carbocycles. The van der Waals surface area contributed by atoms with Crippen LogP contribution in [0.1, 0.15) is 13.8 Å². The van der Waals surface area contributed by atoms with Crippen LogP contribution >= 0.6 is 27.5 Å². The largest absolute Gasteiger partial charge is 0.370 e. The van der Waals surface area contributed by atoms with Gasteiger partial charge in [-0.3, -0.25) is 0 Å². The van der Waals surface area contributed by atoms with Crippen molar-refractivity contribution in [3.8, 4) is 0 Å². The van der Waals surface area contributed by atoms with Crippen molar-refractivity contribution in [2.24, 2.45) is 11.8 Å². The molecule has 0 aliphatic carbocycles. The zero-order chi connectivity index (χ0) is 11.0. The Morgan fingerprint density at radius 3 is 2.67 bits per heavy atom. The average Bonchev–Trinajstić information content (AvgIpc) is 2.09. The summed E-state index contributed by atoms with van der Waals surface area (Å²) in [7, 11) is 0. The number of hydrogen-bond donors (Lipinski definition) is 0. The van der Waals surface area contributed by atoms with E-state index in [2.05, 4.69) is 40.7 Å². The monoisotopic (exact) mass is 287 g/mol. The van der Waals surface area contributed by atoms with Crippen molar-refractivity contribution in [2.75, 3.05) is 18.0 Å². The van der Waals surface area contributed by atoms with Crippen LogP contribution in [0.3, 0.4) is 0 Å². The summed E-state index contributed by atoms with van der Waals surface area (Å²) >= 11 is 9.60. The molecule has 0 radical (unpaired) electrons. The van der Waals surface area contributed by atoms with Gasteiger partial charge in [0.05, 0.1) is 15.2 Å². The molecule has 82 valence electrons. The Balaban J connectivity index is 2.10. The Morgan fingerprint density at radius 1 is 1.40 bits per heavy atom. The minimum Gasteiger partial charge on any atom is -0.370 e. The molecule has 1 aromatic rings. The molecule has 0 aromatic heterocycles. The van der Waals surface area contributed by atoms with Gasteiger partial charge >= 0.3 is 0 Å². The topological polar surface area (TPSA) is 3.24 Å². The molecule has 0 N–H and O–H groups in total. The molecule has 0 amide bonds. The Kier molecular flexibility index (Phi) is 3.27. The molecule has 0 bridgehead atoms. The fourth-order valence-electron chi connectivity index (χ4n) is 1.87. The lowest BCUT2D eigenvalue weighted by Gasteiger charge is -2.43. The van der Waals surface area contributed by atoms with Crippen LogP contribution in [0.5, 0.6) is 0 Å². The van der Waals surface area contributed by atoms with Crippen LogP contribution in [0, 0.1) is 11.8 Å². The van der Waals surface area contributed by atoms with Gasteiger partial charge in [-0.15, -0.1) is 0 Å². The van der Waals surface area contributed by atoms with E-state index in [9.17, 15) is 0 Å². The first kappa shape index (κ1) is 11.3. The predicted octanol–water partition coefficient (Wildman–Crippen LogP) is 4.19. The van der Waals surface area contributed by atoms with Gasteiger partial charge in [0, 0.05) is 13.1 Å². The molecular formula is C12H15BrClN. The van der Waals surface area contributed by atoms with Crippen LogP contribution < -0.4 is 4.90 Å². The van der Waals surface area contributed by atoms with Gasteiger partial charge in [0.15, 0.2) is 0 Å². The number of halogens is 2. The van der Waals surface area contributed by atoms with Crippen LogP contribution in [0.2, 0.25) is 5.02 Å². The summed E-state index contributed by atoms with van der Waals surface area (Å²) in [6, 6.07) is 6.03. The van der Waals surface area contributed by atoms with Crippen LogP contribution in [-0.4, -0.2) is 13.1 Å². The quantitative estimate of drug-likeness (QED) is 0.788. The lowest BCUT2D eigenvalue weighted by Crippen LogP contribution is -2.49. The third-order valence-electron chi connectivity index (χ3n) is 3.12. The van der Waals surface area contributed by atoms with Crippen molar-refractivity contribution in [1.29, 1.82) is 0 Å². The van der Waals surface area contributed by atoms with Crippen LogP contribution in [-0.2, 0) is 0 Å². The van der Waals surface area contributed by atoms with Gasteiger partial charge in [-0.2, -0.15) is 0 Å². The summed E-state index contributed by atoms with van der Waals surface area (Å²) in [5.74, 6) is 1.61. The maximum Gasteiger partial charge on any atom is 0.0595 e. The van der Waals surface area contributed by atoms with Gasteiger partial charge in [0.25, 0.3) is 0 Å². The van der Waals surface area contributed by atoms with Gasteiger partial charge in [-0.1, -0.05) is 31.5 Å². The Morgan fingerprint density at radius 2 is 2.07 bits per heavy atom. The van der Waals surface area contributed by atoms with E-state index in [0.29, 0.717) is 0 Å². The molecule has 1 fully saturated rings. The lowest BCUT2D eigenvalue weighted by atomic mass is 9.88. The first-order valence-electron chi connectivity index (χ1n) is 5.28. The Bertz CT molecular complexity index is 359. The minimum absolute atomic E-state index is 0.777. The van der Waals surface area contributed by atoms with E-state index in [1.807, 2.05) is 12.1 Å². The third kappa shape index (κ3) is 2.16. The average molecular weight is 289 g/mol. The molecule has 1 nitrogen and oxygen atoms in total. The molecular weight excluding hydrogens is 273 g/mol. The van der Waals surface area contributed by atoms with Gasteiger partial charge in [-0.05, 0) is 39.9 Å². The maximum atomic E-state index is 6.06. The van der Waals surface area contributed by atoms with E-state index in [4.69, 9.17) is 11.6 Å². The molecule has 0 spiro atoms. The SMILES string of the molecule is CC(C)C1CN(c2cccc(Cl)c2Br)C1. The third-order valence-corrected chi connectivity index (χ3v) is 4.50. The second-order valence-corrected chi connectivity index (χ2v) is 5.68. The first-order valence-corrected chi connectivity index (χ1v) is 6.45. The van der Waals surface area contributed by atoms with Gasteiger partial charge in [0.1, 0.15) is 0 Å². The molecule has 1 aliphatic heterocycles. The second kappa shape index (κ2) is 4.34. The molecule has 1 heterocycles. The zero-order valence-corrected chi connectivity index (χ0v) is 11.3. The molecule has 0 unspecified atom stereocenters. The van der Waals surface area contributed by atoms with E-state index in [0.717, 1.165) is 34.4 Å². The van der Waals surface area contributed by atoms with Crippen molar-refractivity contribution < 1.29 is 0 Å². The van der Waals surface area contributed by atoms with E-state index in [1.54, 1.807) is 0 Å². The van der Waals surface area contributed by atoms with E-state index < -0.39 is 0 Å².